The number of carboxylic acids is 1. The zero-order chi connectivity index (χ0) is 16.4. The lowest BCUT2D eigenvalue weighted by Crippen LogP contribution is -2.52. The van der Waals surface area contributed by atoms with Crippen molar-refractivity contribution in [2.24, 2.45) is 5.92 Å². The van der Waals surface area contributed by atoms with E-state index in [2.05, 4.69) is 5.32 Å². The SMILES string of the molecule is CC(C)(C)OC(=O)NC(C(=O)O)C1CCOC2(CCSC2)C1. The second kappa shape index (κ2) is 6.66. The van der Waals surface area contributed by atoms with Gasteiger partial charge in [0.2, 0.25) is 0 Å². The molecule has 0 aliphatic carbocycles. The summed E-state index contributed by atoms with van der Waals surface area (Å²) in [6.07, 6.45) is 1.58. The van der Waals surface area contributed by atoms with E-state index in [0.29, 0.717) is 19.4 Å². The quantitative estimate of drug-likeness (QED) is 0.825. The molecular weight excluding hydrogens is 306 g/mol. The van der Waals surface area contributed by atoms with Crippen LogP contribution in [0.4, 0.5) is 4.79 Å². The van der Waals surface area contributed by atoms with E-state index < -0.39 is 23.7 Å². The van der Waals surface area contributed by atoms with E-state index in [1.165, 1.54) is 0 Å². The Labute approximate surface area is 135 Å². The Balaban J connectivity index is 2.01. The first-order valence-electron chi connectivity index (χ1n) is 7.65. The van der Waals surface area contributed by atoms with Crippen LogP contribution in [0.1, 0.15) is 40.0 Å². The summed E-state index contributed by atoms with van der Waals surface area (Å²) in [7, 11) is 0. The molecular formula is C15H25NO5S. The summed E-state index contributed by atoms with van der Waals surface area (Å²) in [5.74, 6) is 0.808. The molecule has 2 fully saturated rings. The average molecular weight is 331 g/mol. The molecule has 1 amide bonds. The number of aliphatic carboxylic acids is 1. The van der Waals surface area contributed by atoms with Gasteiger partial charge in [-0.1, -0.05) is 0 Å². The summed E-state index contributed by atoms with van der Waals surface area (Å²) >= 11 is 1.84. The van der Waals surface area contributed by atoms with Gasteiger partial charge in [0, 0.05) is 12.4 Å². The molecule has 1 spiro atoms. The van der Waals surface area contributed by atoms with Crippen LogP contribution in [0.25, 0.3) is 0 Å². The predicted octanol–water partition coefficient (Wildman–Crippen LogP) is 2.27. The fraction of sp³-hybridized carbons (Fsp3) is 0.867. The molecule has 0 aromatic rings. The summed E-state index contributed by atoms with van der Waals surface area (Å²) in [5.41, 5.74) is -0.858. The van der Waals surface area contributed by atoms with E-state index in [1.807, 2.05) is 11.8 Å². The topological polar surface area (TPSA) is 84.9 Å². The molecule has 2 saturated heterocycles. The molecule has 0 bridgehead atoms. The van der Waals surface area contributed by atoms with Gasteiger partial charge in [0.1, 0.15) is 11.6 Å². The Kier molecular flexibility index (Phi) is 5.27. The maximum atomic E-state index is 11.9. The molecule has 7 heteroatoms. The van der Waals surface area contributed by atoms with Crippen LogP contribution in [0, 0.1) is 5.92 Å². The first-order chi connectivity index (χ1) is 10.2. The van der Waals surface area contributed by atoms with Crippen molar-refractivity contribution in [3.63, 3.8) is 0 Å². The van der Waals surface area contributed by atoms with Gasteiger partial charge < -0.3 is 19.9 Å². The Morgan fingerprint density at radius 1 is 1.45 bits per heavy atom. The van der Waals surface area contributed by atoms with Crippen LogP contribution in [0.3, 0.4) is 0 Å². The third-order valence-electron chi connectivity index (χ3n) is 4.01. The number of nitrogens with one attached hydrogen (secondary N) is 1. The lowest BCUT2D eigenvalue weighted by Gasteiger charge is -2.39. The standard InChI is InChI=1S/C15H25NO5S/c1-14(2,3)21-13(19)16-11(12(17)18)10-4-6-20-15(8-10)5-7-22-9-15/h10-11H,4-9H2,1-3H3,(H,16,19)(H,17,18). The first kappa shape index (κ1) is 17.4. The number of amides is 1. The average Bonchev–Trinajstić information content (AvgIpc) is 2.81. The van der Waals surface area contributed by atoms with E-state index in [9.17, 15) is 14.7 Å². The summed E-state index contributed by atoms with van der Waals surface area (Å²) in [6.45, 7) is 5.80. The number of hydrogen-bond acceptors (Lipinski definition) is 5. The van der Waals surface area contributed by atoms with Crippen LogP contribution in [-0.2, 0) is 14.3 Å². The molecule has 2 N–H and O–H groups in total. The maximum absolute atomic E-state index is 11.9. The fourth-order valence-electron chi connectivity index (χ4n) is 3.03. The monoisotopic (exact) mass is 331 g/mol. The number of ether oxygens (including phenoxy) is 2. The predicted molar refractivity (Wildman–Crippen MR) is 84.1 cm³/mol. The van der Waals surface area contributed by atoms with Crippen LogP contribution >= 0.6 is 11.8 Å². The molecule has 0 radical (unpaired) electrons. The molecule has 2 rings (SSSR count). The molecule has 2 aliphatic rings. The largest absolute Gasteiger partial charge is 0.480 e. The number of thioether (sulfide) groups is 1. The van der Waals surface area contributed by atoms with E-state index >= 15 is 0 Å². The van der Waals surface area contributed by atoms with E-state index in [1.54, 1.807) is 20.8 Å². The van der Waals surface area contributed by atoms with Crippen molar-refractivity contribution >= 4 is 23.8 Å². The lowest BCUT2D eigenvalue weighted by molar-refractivity contribution is -0.144. The van der Waals surface area contributed by atoms with Gasteiger partial charge in [-0.15, -0.1) is 0 Å². The molecule has 126 valence electrons. The third-order valence-corrected chi connectivity index (χ3v) is 5.23. The van der Waals surface area contributed by atoms with Crippen LogP contribution in [0.2, 0.25) is 0 Å². The smallest absolute Gasteiger partial charge is 0.408 e. The van der Waals surface area contributed by atoms with E-state index in [0.717, 1.165) is 17.9 Å². The molecule has 2 heterocycles. The van der Waals surface area contributed by atoms with Gasteiger partial charge in [-0.3, -0.25) is 0 Å². The highest BCUT2D eigenvalue weighted by Crippen LogP contribution is 2.41. The highest BCUT2D eigenvalue weighted by molar-refractivity contribution is 7.99. The summed E-state index contributed by atoms with van der Waals surface area (Å²) < 4.78 is 11.1. The Hall–Kier alpha value is -0.950. The van der Waals surface area contributed by atoms with Gasteiger partial charge >= 0.3 is 12.1 Å². The number of carboxylic acid groups (broad SMARTS) is 1. The van der Waals surface area contributed by atoms with Gasteiger partial charge in [-0.05, 0) is 51.7 Å². The first-order valence-corrected chi connectivity index (χ1v) is 8.80. The zero-order valence-electron chi connectivity index (χ0n) is 13.4. The van der Waals surface area contributed by atoms with Crippen molar-refractivity contribution in [3.05, 3.63) is 0 Å². The summed E-state index contributed by atoms with van der Waals surface area (Å²) in [6, 6.07) is -0.929. The highest BCUT2D eigenvalue weighted by atomic mass is 32.2. The number of carbonyl (C=O) groups excluding carboxylic acids is 1. The van der Waals surface area contributed by atoms with Crippen molar-refractivity contribution < 1.29 is 24.2 Å². The highest BCUT2D eigenvalue weighted by Gasteiger charge is 2.44. The summed E-state index contributed by atoms with van der Waals surface area (Å²) in [5, 5.41) is 12.0. The number of carbonyl (C=O) groups is 2. The number of alkyl carbamates (subject to hydrolysis) is 1. The van der Waals surface area contributed by atoms with Gasteiger partial charge in [0.25, 0.3) is 0 Å². The Bertz CT molecular complexity index is 428. The van der Waals surface area contributed by atoms with Crippen LogP contribution in [0.15, 0.2) is 0 Å². The minimum Gasteiger partial charge on any atom is -0.480 e. The van der Waals surface area contributed by atoms with Gasteiger partial charge in [0.15, 0.2) is 0 Å². The molecule has 3 atom stereocenters. The van der Waals surface area contributed by atoms with Crippen molar-refractivity contribution in [2.45, 2.75) is 57.3 Å². The molecule has 0 aromatic carbocycles. The van der Waals surface area contributed by atoms with Crippen molar-refractivity contribution in [1.29, 1.82) is 0 Å². The summed E-state index contributed by atoms with van der Waals surface area (Å²) in [4.78, 5) is 23.5. The number of hydrogen-bond donors (Lipinski definition) is 2. The maximum Gasteiger partial charge on any atom is 0.408 e. The van der Waals surface area contributed by atoms with Crippen LogP contribution < -0.4 is 5.32 Å². The van der Waals surface area contributed by atoms with Gasteiger partial charge in [-0.2, -0.15) is 11.8 Å². The molecule has 6 nitrogen and oxygen atoms in total. The minimum atomic E-state index is -1.02. The molecule has 0 aromatic heterocycles. The van der Waals surface area contributed by atoms with Crippen LogP contribution in [0.5, 0.6) is 0 Å². The number of rotatable bonds is 3. The minimum absolute atomic E-state index is 0.127. The van der Waals surface area contributed by atoms with E-state index in [-0.39, 0.29) is 11.5 Å². The fourth-order valence-corrected chi connectivity index (χ4v) is 4.41. The van der Waals surface area contributed by atoms with Gasteiger partial charge in [0.05, 0.1) is 5.60 Å². The van der Waals surface area contributed by atoms with Gasteiger partial charge in [-0.25, -0.2) is 9.59 Å². The normalized spacial score (nSPS) is 30.0. The second-order valence-corrected chi connectivity index (χ2v) is 8.15. The Morgan fingerprint density at radius 3 is 2.73 bits per heavy atom. The zero-order valence-corrected chi connectivity index (χ0v) is 14.2. The Morgan fingerprint density at radius 2 is 2.18 bits per heavy atom. The molecule has 3 unspecified atom stereocenters. The lowest BCUT2D eigenvalue weighted by atomic mass is 9.81. The second-order valence-electron chi connectivity index (χ2n) is 7.05. The molecule has 22 heavy (non-hydrogen) atoms. The van der Waals surface area contributed by atoms with Crippen molar-refractivity contribution in [2.75, 3.05) is 18.1 Å². The third kappa shape index (κ3) is 4.52. The van der Waals surface area contributed by atoms with Crippen molar-refractivity contribution in [3.8, 4) is 0 Å². The molecule has 0 saturated carbocycles. The van der Waals surface area contributed by atoms with Crippen LogP contribution in [-0.4, -0.2) is 52.5 Å². The van der Waals surface area contributed by atoms with E-state index in [4.69, 9.17) is 9.47 Å². The molecule has 2 aliphatic heterocycles. The van der Waals surface area contributed by atoms with Crippen molar-refractivity contribution in [1.82, 2.24) is 5.32 Å².